The van der Waals surface area contributed by atoms with Crippen LogP contribution < -0.4 is 5.43 Å². The molecule has 5 nitrogen and oxygen atoms in total. The summed E-state index contributed by atoms with van der Waals surface area (Å²) >= 11 is 0. The van der Waals surface area contributed by atoms with Crippen LogP contribution in [0.4, 0.5) is 0 Å². The maximum Gasteiger partial charge on any atom is 0.329 e. The third-order valence-electron chi connectivity index (χ3n) is 3.04. The third-order valence-corrected chi connectivity index (χ3v) is 3.04. The summed E-state index contributed by atoms with van der Waals surface area (Å²) in [6, 6.07) is 7.71. The Balaban J connectivity index is 1.85. The molecule has 1 N–H and O–H groups in total. The molecule has 0 saturated carbocycles. The van der Waals surface area contributed by atoms with Gasteiger partial charge in [-0.25, -0.2) is 5.43 Å². The van der Waals surface area contributed by atoms with Crippen molar-refractivity contribution < 1.29 is 9.59 Å². The summed E-state index contributed by atoms with van der Waals surface area (Å²) in [5, 5.41) is 3.79. The van der Waals surface area contributed by atoms with Gasteiger partial charge in [0.1, 0.15) is 0 Å². The standard InChI is InChI=1S/C14H17N3O2/c1-11-4-6-12(7-5-11)10-15-16-13(18)14(19)17-8-2-3-9-17/h4-7,10H,2-3,8-9H2,1H3,(H,16,18)/b15-10-. The lowest BCUT2D eigenvalue weighted by Gasteiger charge is -2.12. The quantitative estimate of drug-likeness (QED) is 0.490. The zero-order chi connectivity index (χ0) is 13.7. The number of rotatable bonds is 2. The average Bonchev–Trinajstić information content (AvgIpc) is 2.94. The summed E-state index contributed by atoms with van der Waals surface area (Å²) in [6.07, 6.45) is 3.45. The molecule has 0 aromatic heterocycles. The summed E-state index contributed by atoms with van der Waals surface area (Å²) in [4.78, 5) is 24.8. The molecule has 0 aliphatic carbocycles. The van der Waals surface area contributed by atoms with E-state index in [1.165, 1.54) is 6.21 Å². The van der Waals surface area contributed by atoms with E-state index in [-0.39, 0.29) is 0 Å². The van der Waals surface area contributed by atoms with Crippen molar-refractivity contribution in [1.82, 2.24) is 10.3 Å². The first-order valence-corrected chi connectivity index (χ1v) is 6.36. The number of hydrogen-bond acceptors (Lipinski definition) is 3. The van der Waals surface area contributed by atoms with Gasteiger partial charge in [0.2, 0.25) is 0 Å². The van der Waals surface area contributed by atoms with Gasteiger partial charge in [-0.1, -0.05) is 29.8 Å². The number of benzene rings is 1. The minimum Gasteiger partial charge on any atom is -0.334 e. The number of carbonyl (C=O) groups is 2. The van der Waals surface area contributed by atoms with E-state index < -0.39 is 11.8 Å². The Labute approximate surface area is 112 Å². The molecule has 1 aromatic carbocycles. The van der Waals surface area contributed by atoms with Crippen LogP contribution in [-0.4, -0.2) is 36.0 Å². The van der Waals surface area contributed by atoms with Gasteiger partial charge < -0.3 is 4.90 Å². The highest BCUT2D eigenvalue weighted by Gasteiger charge is 2.23. The fraction of sp³-hybridized carbons (Fsp3) is 0.357. The van der Waals surface area contributed by atoms with Crippen LogP contribution in [0.5, 0.6) is 0 Å². The van der Waals surface area contributed by atoms with Crippen LogP contribution in [0.3, 0.4) is 0 Å². The van der Waals surface area contributed by atoms with Crippen LogP contribution in [-0.2, 0) is 9.59 Å². The Morgan fingerprint density at radius 1 is 1.21 bits per heavy atom. The largest absolute Gasteiger partial charge is 0.334 e. The van der Waals surface area contributed by atoms with Crippen LogP contribution in [0.25, 0.3) is 0 Å². The van der Waals surface area contributed by atoms with Gasteiger partial charge in [0, 0.05) is 13.1 Å². The van der Waals surface area contributed by atoms with E-state index in [1.807, 2.05) is 31.2 Å². The van der Waals surface area contributed by atoms with Crippen molar-refractivity contribution in [3.63, 3.8) is 0 Å². The van der Waals surface area contributed by atoms with E-state index in [0.29, 0.717) is 13.1 Å². The zero-order valence-electron chi connectivity index (χ0n) is 10.9. The molecule has 2 amide bonds. The predicted octanol–water partition coefficient (Wildman–Crippen LogP) is 1.07. The highest BCUT2D eigenvalue weighted by atomic mass is 16.2. The van der Waals surface area contributed by atoms with Crippen molar-refractivity contribution in [2.24, 2.45) is 5.10 Å². The second-order valence-electron chi connectivity index (χ2n) is 4.61. The van der Waals surface area contributed by atoms with Crippen molar-refractivity contribution in [3.8, 4) is 0 Å². The molecular weight excluding hydrogens is 242 g/mol. The predicted molar refractivity (Wildman–Crippen MR) is 72.7 cm³/mol. The molecule has 1 heterocycles. The summed E-state index contributed by atoms with van der Waals surface area (Å²) < 4.78 is 0. The van der Waals surface area contributed by atoms with E-state index in [1.54, 1.807) is 4.90 Å². The van der Waals surface area contributed by atoms with Crippen molar-refractivity contribution in [1.29, 1.82) is 0 Å². The van der Waals surface area contributed by atoms with Gasteiger partial charge in [0.05, 0.1) is 6.21 Å². The molecule has 1 aliphatic heterocycles. The molecule has 0 unspecified atom stereocenters. The lowest BCUT2D eigenvalue weighted by Crippen LogP contribution is -2.39. The summed E-state index contributed by atoms with van der Waals surface area (Å²) in [6.45, 7) is 3.32. The number of hydrazone groups is 1. The molecule has 5 heteroatoms. The number of aryl methyl sites for hydroxylation is 1. The maximum absolute atomic E-state index is 11.7. The van der Waals surface area contributed by atoms with Crippen LogP contribution in [0.2, 0.25) is 0 Å². The summed E-state index contributed by atoms with van der Waals surface area (Å²) in [5.74, 6) is -1.18. The highest BCUT2D eigenvalue weighted by Crippen LogP contribution is 2.07. The summed E-state index contributed by atoms with van der Waals surface area (Å²) in [7, 11) is 0. The molecule has 0 bridgehead atoms. The number of carbonyl (C=O) groups excluding carboxylic acids is 2. The second-order valence-corrected chi connectivity index (χ2v) is 4.61. The first kappa shape index (κ1) is 13.3. The van der Waals surface area contributed by atoms with Crippen molar-refractivity contribution in [2.45, 2.75) is 19.8 Å². The summed E-state index contributed by atoms with van der Waals surface area (Å²) in [5.41, 5.74) is 4.29. The number of hydrogen-bond donors (Lipinski definition) is 1. The molecule has 19 heavy (non-hydrogen) atoms. The number of likely N-dealkylation sites (tertiary alicyclic amines) is 1. The fourth-order valence-electron chi connectivity index (χ4n) is 1.93. The van der Waals surface area contributed by atoms with Gasteiger partial charge in [0.15, 0.2) is 0 Å². The second kappa shape index (κ2) is 6.13. The Morgan fingerprint density at radius 2 is 1.84 bits per heavy atom. The van der Waals surface area contributed by atoms with E-state index in [0.717, 1.165) is 24.0 Å². The topological polar surface area (TPSA) is 61.8 Å². The molecule has 1 saturated heterocycles. The third kappa shape index (κ3) is 3.64. The van der Waals surface area contributed by atoms with Gasteiger partial charge in [0.25, 0.3) is 0 Å². The highest BCUT2D eigenvalue weighted by molar-refractivity contribution is 6.35. The fourth-order valence-corrected chi connectivity index (χ4v) is 1.93. The number of nitrogens with one attached hydrogen (secondary N) is 1. The van der Waals surface area contributed by atoms with Crippen molar-refractivity contribution in [2.75, 3.05) is 13.1 Å². The SMILES string of the molecule is Cc1ccc(/C=N\NC(=O)C(=O)N2CCCC2)cc1. The maximum atomic E-state index is 11.7. The van der Waals surface area contributed by atoms with Gasteiger partial charge in [-0.3, -0.25) is 9.59 Å². The molecule has 0 spiro atoms. The van der Waals surface area contributed by atoms with Crippen LogP contribution in [0, 0.1) is 6.92 Å². The molecule has 100 valence electrons. The Morgan fingerprint density at radius 3 is 2.47 bits per heavy atom. The molecule has 0 radical (unpaired) electrons. The lowest BCUT2D eigenvalue weighted by molar-refractivity contribution is -0.145. The Kier molecular flexibility index (Phi) is 4.28. The Bertz CT molecular complexity index is 488. The molecular formula is C14H17N3O2. The van der Waals surface area contributed by atoms with Crippen molar-refractivity contribution >= 4 is 18.0 Å². The van der Waals surface area contributed by atoms with E-state index in [9.17, 15) is 9.59 Å². The zero-order valence-corrected chi connectivity index (χ0v) is 10.9. The molecule has 2 rings (SSSR count). The normalized spacial score (nSPS) is 14.9. The van der Waals surface area contributed by atoms with Gasteiger partial charge in [-0.05, 0) is 25.3 Å². The lowest BCUT2D eigenvalue weighted by atomic mass is 10.2. The minimum absolute atomic E-state index is 0.501. The molecule has 1 aliphatic rings. The average molecular weight is 259 g/mol. The molecule has 0 atom stereocenters. The van der Waals surface area contributed by atoms with E-state index in [2.05, 4.69) is 10.5 Å². The molecule has 1 aromatic rings. The monoisotopic (exact) mass is 259 g/mol. The van der Waals surface area contributed by atoms with Crippen LogP contribution in [0.1, 0.15) is 24.0 Å². The Hall–Kier alpha value is -2.17. The molecule has 1 fully saturated rings. The van der Waals surface area contributed by atoms with Crippen LogP contribution in [0.15, 0.2) is 29.4 Å². The van der Waals surface area contributed by atoms with Gasteiger partial charge in [-0.2, -0.15) is 5.10 Å². The number of amides is 2. The van der Waals surface area contributed by atoms with E-state index >= 15 is 0 Å². The van der Waals surface area contributed by atoms with Gasteiger partial charge in [-0.15, -0.1) is 0 Å². The van der Waals surface area contributed by atoms with Crippen molar-refractivity contribution in [3.05, 3.63) is 35.4 Å². The van der Waals surface area contributed by atoms with E-state index in [4.69, 9.17) is 0 Å². The smallest absolute Gasteiger partial charge is 0.329 e. The minimum atomic E-state index is -0.676. The first-order chi connectivity index (χ1) is 9.16. The first-order valence-electron chi connectivity index (χ1n) is 6.36. The number of nitrogens with zero attached hydrogens (tertiary/aromatic N) is 2. The van der Waals surface area contributed by atoms with Gasteiger partial charge >= 0.3 is 11.8 Å². The van der Waals surface area contributed by atoms with Crippen LogP contribution >= 0.6 is 0 Å².